The van der Waals surface area contributed by atoms with Crippen LogP contribution >= 0.6 is 11.5 Å². The Morgan fingerprint density at radius 3 is 2.86 bits per heavy atom. The monoisotopic (exact) mass is 307 g/mol. The zero-order valence-electron chi connectivity index (χ0n) is 12.5. The van der Waals surface area contributed by atoms with Gasteiger partial charge in [0.25, 0.3) is 0 Å². The summed E-state index contributed by atoms with van der Waals surface area (Å²) in [7, 11) is 0. The van der Waals surface area contributed by atoms with Crippen molar-refractivity contribution in [1.29, 1.82) is 0 Å². The minimum absolute atomic E-state index is 0.0154. The van der Waals surface area contributed by atoms with Crippen LogP contribution in [-0.2, 0) is 0 Å². The Bertz CT molecular complexity index is 552. The van der Waals surface area contributed by atoms with Crippen molar-refractivity contribution in [2.45, 2.75) is 32.4 Å². The number of aliphatic hydroxyl groups excluding tert-OH is 1. The number of ether oxygens (including phenoxy) is 1. The molecule has 0 bridgehead atoms. The molecule has 2 aromatic rings. The Labute approximate surface area is 129 Å². The van der Waals surface area contributed by atoms with Gasteiger partial charge in [-0.1, -0.05) is 16.6 Å². The number of aliphatic hydroxyl groups is 1. The van der Waals surface area contributed by atoms with Gasteiger partial charge in [-0.3, -0.25) is 0 Å². The Morgan fingerprint density at radius 2 is 2.19 bits per heavy atom. The predicted octanol–water partition coefficient (Wildman–Crippen LogP) is 2.33. The van der Waals surface area contributed by atoms with Gasteiger partial charge in [-0.05, 0) is 44.4 Å². The molecule has 114 valence electrons. The van der Waals surface area contributed by atoms with Crippen LogP contribution in [0.15, 0.2) is 29.6 Å². The summed E-state index contributed by atoms with van der Waals surface area (Å²) in [5.41, 5.74) is 1.78. The zero-order chi connectivity index (χ0) is 15.3. The van der Waals surface area contributed by atoms with Crippen molar-refractivity contribution < 1.29 is 9.84 Å². The average Bonchev–Trinajstić information content (AvgIpc) is 2.96. The molecule has 5 nitrogen and oxygen atoms in total. The second-order valence-corrected chi connectivity index (χ2v) is 6.52. The van der Waals surface area contributed by atoms with Crippen molar-refractivity contribution in [3.63, 3.8) is 0 Å². The summed E-state index contributed by atoms with van der Waals surface area (Å²) < 4.78 is 9.49. The highest BCUT2D eigenvalue weighted by Gasteiger charge is 2.12. The Hall–Kier alpha value is -1.50. The number of nitrogens with one attached hydrogen (secondary N) is 1. The summed E-state index contributed by atoms with van der Waals surface area (Å²) in [6.07, 6.45) is -0.547. The maximum absolute atomic E-state index is 9.92. The number of rotatable bonds is 6. The van der Waals surface area contributed by atoms with Crippen molar-refractivity contribution in [3.05, 3.63) is 29.6 Å². The van der Waals surface area contributed by atoms with Crippen LogP contribution in [0, 0.1) is 0 Å². The van der Waals surface area contributed by atoms with Gasteiger partial charge in [0, 0.05) is 23.0 Å². The number of β-amino-alcohol motifs (C(OH)–C–C–N with tert-alkyl or cyclic N) is 1. The van der Waals surface area contributed by atoms with Crippen molar-refractivity contribution in [2.75, 3.05) is 13.2 Å². The van der Waals surface area contributed by atoms with Crippen molar-refractivity contribution in [2.24, 2.45) is 0 Å². The highest BCUT2D eigenvalue weighted by molar-refractivity contribution is 7.03. The first-order valence-electron chi connectivity index (χ1n) is 6.87. The van der Waals surface area contributed by atoms with Crippen LogP contribution in [0.2, 0.25) is 0 Å². The van der Waals surface area contributed by atoms with Crippen molar-refractivity contribution in [3.8, 4) is 17.0 Å². The predicted molar refractivity (Wildman–Crippen MR) is 84.6 cm³/mol. The van der Waals surface area contributed by atoms with Crippen molar-refractivity contribution in [1.82, 2.24) is 14.9 Å². The topological polar surface area (TPSA) is 67.3 Å². The molecule has 1 unspecified atom stereocenters. The van der Waals surface area contributed by atoms with E-state index in [1.165, 1.54) is 11.5 Å². The highest BCUT2D eigenvalue weighted by Crippen LogP contribution is 2.22. The standard InChI is InChI=1S/C15H21N3O2S/c1-15(2,3)16-8-12(19)9-20-13-6-4-5-11(7-13)14-10-21-18-17-14/h4-7,10,12,16,19H,8-9H2,1-3H3. The summed E-state index contributed by atoms with van der Waals surface area (Å²) in [6.45, 7) is 6.94. The minimum Gasteiger partial charge on any atom is -0.491 e. The zero-order valence-corrected chi connectivity index (χ0v) is 13.4. The largest absolute Gasteiger partial charge is 0.491 e. The second-order valence-electron chi connectivity index (χ2n) is 5.91. The van der Waals surface area contributed by atoms with Crippen LogP contribution < -0.4 is 10.1 Å². The molecule has 0 saturated heterocycles. The van der Waals surface area contributed by atoms with Crippen molar-refractivity contribution >= 4 is 11.5 Å². The summed E-state index contributed by atoms with van der Waals surface area (Å²) in [5, 5.41) is 19.1. The van der Waals surface area contributed by atoms with E-state index in [9.17, 15) is 5.11 Å². The van der Waals surface area contributed by atoms with Crippen LogP contribution in [0.5, 0.6) is 5.75 Å². The van der Waals surface area contributed by atoms with Gasteiger partial charge >= 0.3 is 0 Å². The second kappa shape index (κ2) is 6.98. The lowest BCUT2D eigenvalue weighted by molar-refractivity contribution is 0.100. The lowest BCUT2D eigenvalue weighted by Gasteiger charge is -2.23. The molecule has 1 aromatic carbocycles. The molecule has 21 heavy (non-hydrogen) atoms. The van der Waals surface area contributed by atoms with E-state index < -0.39 is 6.10 Å². The number of nitrogens with zero attached hydrogens (tertiary/aromatic N) is 2. The normalized spacial score (nSPS) is 13.1. The van der Waals surface area contributed by atoms with Crippen LogP contribution in [0.1, 0.15) is 20.8 Å². The summed E-state index contributed by atoms with van der Waals surface area (Å²) in [6, 6.07) is 7.64. The van der Waals surface area contributed by atoms with Gasteiger partial charge in [0.1, 0.15) is 24.2 Å². The number of hydrogen-bond acceptors (Lipinski definition) is 6. The van der Waals surface area contributed by atoms with Crippen LogP contribution in [0.25, 0.3) is 11.3 Å². The molecule has 1 atom stereocenters. The summed E-state index contributed by atoms with van der Waals surface area (Å²) >= 11 is 1.32. The molecular weight excluding hydrogens is 286 g/mol. The first kappa shape index (κ1) is 15.9. The van der Waals surface area contributed by atoms with Crippen LogP contribution in [-0.4, -0.2) is 39.5 Å². The first-order chi connectivity index (χ1) is 9.94. The van der Waals surface area contributed by atoms with Crippen LogP contribution in [0.4, 0.5) is 0 Å². The lowest BCUT2D eigenvalue weighted by Crippen LogP contribution is -2.42. The first-order valence-corrected chi connectivity index (χ1v) is 7.71. The van der Waals surface area contributed by atoms with Gasteiger partial charge < -0.3 is 15.2 Å². The molecule has 0 saturated carbocycles. The highest BCUT2D eigenvalue weighted by atomic mass is 32.1. The molecular formula is C15H21N3O2S. The van der Waals surface area contributed by atoms with E-state index in [1.54, 1.807) is 0 Å². The Kier molecular flexibility index (Phi) is 5.27. The molecule has 0 aliphatic rings. The number of benzene rings is 1. The number of hydrogen-bond donors (Lipinski definition) is 2. The third-order valence-electron chi connectivity index (χ3n) is 2.80. The Balaban J connectivity index is 1.87. The summed E-state index contributed by atoms with van der Waals surface area (Å²) in [4.78, 5) is 0. The fourth-order valence-corrected chi connectivity index (χ4v) is 2.18. The van der Waals surface area contributed by atoms with Gasteiger partial charge in [-0.15, -0.1) is 5.10 Å². The molecule has 2 N–H and O–H groups in total. The molecule has 1 aromatic heterocycles. The molecule has 2 rings (SSSR count). The Morgan fingerprint density at radius 1 is 1.38 bits per heavy atom. The molecule has 0 spiro atoms. The molecule has 1 heterocycles. The van der Waals surface area contributed by atoms with Gasteiger partial charge in [-0.25, -0.2) is 0 Å². The average molecular weight is 307 g/mol. The molecule has 0 aliphatic carbocycles. The third kappa shape index (κ3) is 5.41. The lowest BCUT2D eigenvalue weighted by atomic mass is 10.1. The smallest absolute Gasteiger partial charge is 0.120 e. The van der Waals surface area contributed by atoms with Gasteiger partial charge in [0.05, 0.1) is 0 Å². The fraction of sp³-hybridized carbons (Fsp3) is 0.467. The quantitative estimate of drug-likeness (QED) is 0.857. The minimum atomic E-state index is -0.547. The SMILES string of the molecule is CC(C)(C)NCC(O)COc1cccc(-c2csnn2)c1. The number of aromatic nitrogens is 2. The third-order valence-corrected chi connectivity index (χ3v) is 3.30. The summed E-state index contributed by atoms with van der Waals surface area (Å²) in [5.74, 6) is 0.718. The molecule has 0 amide bonds. The molecule has 6 heteroatoms. The van der Waals surface area contributed by atoms with E-state index in [4.69, 9.17) is 4.74 Å². The molecule has 0 fully saturated rings. The van der Waals surface area contributed by atoms with Crippen LogP contribution in [0.3, 0.4) is 0 Å². The van der Waals surface area contributed by atoms with E-state index in [2.05, 4.69) is 35.7 Å². The maximum atomic E-state index is 9.92. The van der Waals surface area contributed by atoms with E-state index in [0.29, 0.717) is 6.54 Å². The van der Waals surface area contributed by atoms with E-state index in [1.807, 2.05) is 29.6 Å². The fourth-order valence-electron chi connectivity index (χ4n) is 1.71. The van der Waals surface area contributed by atoms with Gasteiger partial charge in [0.2, 0.25) is 0 Å². The van der Waals surface area contributed by atoms with E-state index in [0.717, 1.165) is 17.0 Å². The molecule has 0 aliphatic heterocycles. The maximum Gasteiger partial charge on any atom is 0.120 e. The van der Waals surface area contributed by atoms with Gasteiger partial charge in [0.15, 0.2) is 0 Å². The van der Waals surface area contributed by atoms with E-state index >= 15 is 0 Å². The van der Waals surface area contributed by atoms with E-state index in [-0.39, 0.29) is 12.1 Å². The molecule has 0 radical (unpaired) electrons. The van der Waals surface area contributed by atoms with Gasteiger partial charge in [-0.2, -0.15) is 0 Å².